The normalized spacial score (nSPS) is 11.7. The first kappa shape index (κ1) is 17.4. The average Bonchev–Trinajstić information content (AvgIpc) is 3.20. The van der Waals surface area contributed by atoms with Crippen molar-refractivity contribution in [3.8, 4) is 11.3 Å². The Labute approximate surface area is 156 Å². The second kappa shape index (κ2) is 6.94. The van der Waals surface area contributed by atoms with Crippen LogP contribution in [-0.4, -0.2) is 42.4 Å². The van der Waals surface area contributed by atoms with E-state index in [1.165, 1.54) is 0 Å². The first-order chi connectivity index (χ1) is 13.1. The fraction of sp³-hybridized carbons (Fsp3) is 0.368. The van der Waals surface area contributed by atoms with E-state index >= 15 is 0 Å². The Hall–Kier alpha value is -3.03. The number of rotatable bonds is 6. The molecular weight excluding hydrogens is 345 g/mol. The van der Waals surface area contributed by atoms with Gasteiger partial charge in [0.05, 0.1) is 24.0 Å². The number of anilines is 1. The molecule has 0 amide bonds. The number of aryl methyl sites for hydroxylation is 2. The first-order valence-corrected chi connectivity index (χ1v) is 9.05. The van der Waals surface area contributed by atoms with Crippen LogP contribution in [0.2, 0.25) is 0 Å². The van der Waals surface area contributed by atoms with Crippen molar-refractivity contribution in [2.45, 2.75) is 27.3 Å². The number of imidazole rings is 1. The molecule has 27 heavy (non-hydrogen) atoms. The summed E-state index contributed by atoms with van der Waals surface area (Å²) in [7, 11) is 0. The molecular formula is C19H22FN7. The molecule has 0 bridgehead atoms. The van der Waals surface area contributed by atoms with E-state index in [4.69, 9.17) is 4.98 Å². The lowest BCUT2D eigenvalue weighted by Gasteiger charge is -2.07. The van der Waals surface area contributed by atoms with E-state index in [1.807, 2.05) is 35.9 Å². The summed E-state index contributed by atoms with van der Waals surface area (Å²) in [6, 6.07) is 5.81. The van der Waals surface area contributed by atoms with Gasteiger partial charge in [0, 0.05) is 18.3 Å². The molecule has 0 radical (unpaired) electrons. The Morgan fingerprint density at radius 1 is 1.19 bits per heavy atom. The highest BCUT2D eigenvalue weighted by atomic mass is 19.1. The Morgan fingerprint density at radius 2 is 2.04 bits per heavy atom. The van der Waals surface area contributed by atoms with Crippen molar-refractivity contribution < 1.29 is 4.39 Å². The summed E-state index contributed by atoms with van der Waals surface area (Å²) in [6.45, 7) is 6.75. The van der Waals surface area contributed by atoms with Gasteiger partial charge in [0.2, 0.25) is 5.95 Å². The van der Waals surface area contributed by atoms with Gasteiger partial charge in [-0.25, -0.2) is 23.9 Å². The minimum absolute atomic E-state index is 0.253. The number of nitrogens with one attached hydrogen (secondary N) is 1. The molecule has 4 heterocycles. The van der Waals surface area contributed by atoms with Crippen molar-refractivity contribution in [3.05, 3.63) is 36.4 Å². The predicted molar refractivity (Wildman–Crippen MR) is 104 cm³/mol. The summed E-state index contributed by atoms with van der Waals surface area (Å²) in [6.07, 6.45) is 3.68. The van der Waals surface area contributed by atoms with E-state index in [-0.39, 0.29) is 6.54 Å². The Bertz CT molecular complexity index is 1100. The first-order valence-electron chi connectivity index (χ1n) is 9.05. The van der Waals surface area contributed by atoms with Crippen LogP contribution in [0.1, 0.15) is 19.7 Å². The smallest absolute Gasteiger partial charge is 0.241 e. The van der Waals surface area contributed by atoms with Gasteiger partial charge < -0.3 is 9.88 Å². The lowest BCUT2D eigenvalue weighted by molar-refractivity contribution is 0.445. The number of aromatic nitrogens is 6. The zero-order valence-electron chi connectivity index (χ0n) is 15.6. The van der Waals surface area contributed by atoms with Crippen molar-refractivity contribution in [2.24, 2.45) is 5.92 Å². The second-order valence-corrected chi connectivity index (χ2v) is 6.95. The van der Waals surface area contributed by atoms with E-state index in [2.05, 4.69) is 34.2 Å². The third-order valence-corrected chi connectivity index (χ3v) is 4.45. The van der Waals surface area contributed by atoms with Gasteiger partial charge in [0.1, 0.15) is 18.0 Å². The van der Waals surface area contributed by atoms with Crippen LogP contribution >= 0.6 is 0 Å². The lowest BCUT2D eigenvalue weighted by atomic mass is 10.2. The topological polar surface area (TPSA) is 72.9 Å². The summed E-state index contributed by atoms with van der Waals surface area (Å²) in [5, 5.41) is 7.73. The highest BCUT2D eigenvalue weighted by molar-refractivity contribution is 5.82. The molecule has 0 spiro atoms. The van der Waals surface area contributed by atoms with Crippen LogP contribution in [0.5, 0.6) is 0 Å². The van der Waals surface area contributed by atoms with Gasteiger partial charge in [-0.1, -0.05) is 13.8 Å². The molecule has 0 aromatic carbocycles. The molecule has 0 aliphatic heterocycles. The van der Waals surface area contributed by atoms with E-state index in [1.54, 1.807) is 10.7 Å². The molecule has 0 aliphatic carbocycles. The maximum Gasteiger partial charge on any atom is 0.241 e. The lowest BCUT2D eigenvalue weighted by Crippen LogP contribution is -2.11. The van der Waals surface area contributed by atoms with Gasteiger partial charge in [-0.15, -0.1) is 5.10 Å². The van der Waals surface area contributed by atoms with Crippen molar-refractivity contribution in [1.82, 2.24) is 29.1 Å². The Balaban J connectivity index is 1.74. The second-order valence-electron chi connectivity index (χ2n) is 6.95. The standard InChI is InChI=1S/C19H22FN7/c1-12(2)10-21-19-22-11-17-14(6-8-27(17)25-19)15-4-5-16-18(24-15)26(9-7-20)13(3)23-16/h4-6,8,11-12H,7,9-10H2,1-3H3,(H,21,25). The molecule has 0 fully saturated rings. The summed E-state index contributed by atoms with van der Waals surface area (Å²) in [5.74, 6) is 1.87. The summed E-state index contributed by atoms with van der Waals surface area (Å²) in [4.78, 5) is 13.6. The van der Waals surface area contributed by atoms with E-state index in [9.17, 15) is 4.39 Å². The van der Waals surface area contributed by atoms with E-state index < -0.39 is 6.67 Å². The van der Waals surface area contributed by atoms with Gasteiger partial charge in [-0.05, 0) is 31.0 Å². The zero-order valence-corrected chi connectivity index (χ0v) is 15.6. The largest absolute Gasteiger partial charge is 0.353 e. The molecule has 0 unspecified atom stereocenters. The van der Waals surface area contributed by atoms with Crippen molar-refractivity contribution in [2.75, 3.05) is 18.5 Å². The molecule has 8 heteroatoms. The number of fused-ring (bicyclic) bond motifs is 2. The van der Waals surface area contributed by atoms with Crippen LogP contribution in [0.25, 0.3) is 27.9 Å². The summed E-state index contributed by atoms with van der Waals surface area (Å²) in [5.41, 5.74) is 4.04. The quantitative estimate of drug-likeness (QED) is 0.565. The maximum absolute atomic E-state index is 12.9. The number of hydrogen-bond donors (Lipinski definition) is 1. The SMILES string of the molecule is Cc1nc2ccc(-c3ccn4nc(NCC(C)C)ncc34)nc2n1CCF. The number of pyridine rings is 1. The van der Waals surface area contributed by atoms with Crippen LogP contribution in [0, 0.1) is 12.8 Å². The van der Waals surface area contributed by atoms with Gasteiger partial charge in [-0.2, -0.15) is 0 Å². The maximum atomic E-state index is 12.9. The van der Waals surface area contributed by atoms with Gasteiger partial charge >= 0.3 is 0 Å². The molecule has 4 rings (SSSR count). The van der Waals surface area contributed by atoms with Crippen LogP contribution in [-0.2, 0) is 6.54 Å². The van der Waals surface area contributed by atoms with E-state index in [0.29, 0.717) is 17.5 Å². The Morgan fingerprint density at radius 3 is 2.81 bits per heavy atom. The van der Waals surface area contributed by atoms with Crippen molar-refractivity contribution in [3.63, 3.8) is 0 Å². The Kier molecular flexibility index (Phi) is 4.47. The molecule has 0 atom stereocenters. The molecule has 7 nitrogen and oxygen atoms in total. The summed E-state index contributed by atoms with van der Waals surface area (Å²) >= 11 is 0. The van der Waals surface area contributed by atoms with E-state index in [0.717, 1.165) is 34.7 Å². The molecule has 4 aromatic heterocycles. The third-order valence-electron chi connectivity index (χ3n) is 4.45. The van der Waals surface area contributed by atoms with Crippen LogP contribution in [0.15, 0.2) is 30.6 Å². The molecule has 1 N–H and O–H groups in total. The minimum Gasteiger partial charge on any atom is -0.353 e. The van der Waals surface area contributed by atoms with Crippen LogP contribution in [0.3, 0.4) is 0 Å². The van der Waals surface area contributed by atoms with Crippen LogP contribution < -0.4 is 5.32 Å². The highest BCUT2D eigenvalue weighted by Crippen LogP contribution is 2.26. The van der Waals surface area contributed by atoms with Gasteiger partial charge in [0.15, 0.2) is 5.65 Å². The minimum atomic E-state index is -0.451. The molecule has 0 saturated carbocycles. The molecule has 140 valence electrons. The van der Waals surface area contributed by atoms with Crippen molar-refractivity contribution >= 4 is 22.6 Å². The third kappa shape index (κ3) is 3.22. The fourth-order valence-electron chi connectivity index (χ4n) is 3.11. The summed E-state index contributed by atoms with van der Waals surface area (Å²) < 4.78 is 16.5. The monoisotopic (exact) mass is 367 g/mol. The zero-order chi connectivity index (χ0) is 19.0. The van der Waals surface area contributed by atoms with Gasteiger partial charge in [0.25, 0.3) is 0 Å². The number of nitrogens with zero attached hydrogens (tertiary/aromatic N) is 6. The average molecular weight is 367 g/mol. The molecule has 4 aromatic rings. The fourth-order valence-corrected chi connectivity index (χ4v) is 3.11. The highest BCUT2D eigenvalue weighted by Gasteiger charge is 2.13. The molecule has 0 saturated heterocycles. The number of hydrogen-bond acceptors (Lipinski definition) is 5. The van der Waals surface area contributed by atoms with Crippen LogP contribution in [0.4, 0.5) is 10.3 Å². The molecule has 0 aliphatic rings. The van der Waals surface area contributed by atoms with Gasteiger partial charge in [-0.3, -0.25) is 0 Å². The predicted octanol–water partition coefficient (Wildman–Crippen LogP) is 3.49. The number of alkyl halides is 1. The number of halogens is 1. The van der Waals surface area contributed by atoms with Crippen molar-refractivity contribution in [1.29, 1.82) is 0 Å².